The molecule has 3 rings (SSSR count). The molecule has 1 aliphatic heterocycles. The van der Waals surface area contributed by atoms with Gasteiger partial charge in [-0.1, -0.05) is 49.7 Å². The normalized spacial score (nSPS) is 18.9. The van der Waals surface area contributed by atoms with Crippen LogP contribution in [0.25, 0.3) is 10.8 Å². The molecule has 0 radical (unpaired) electrons. The maximum absolute atomic E-state index is 14.0. The van der Waals surface area contributed by atoms with Crippen molar-refractivity contribution in [2.75, 3.05) is 6.54 Å². The second-order valence-corrected chi connectivity index (χ2v) is 7.51. The Balaban J connectivity index is 2.15. The molecule has 1 fully saturated rings. The highest BCUT2D eigenvalue weighted by atomic mass is 19.4. The lowest BCUT2D eigenvalue weighted by atomic mass is 9.91. The molecule has 1 N–H and O–H groups in total. The number of benzene rings is 2. The molecule has 0 spiro atoms. The number of halogens is 3. The van der Waals surface area contributed by atoms with E-state index in [4.69, 9.17) is 0 Å². The number of hydrogen-bond acceptors (Lipinski definition) is 2. The van der Waals surface area contributed by atoms with E-state index in [-0.39, 0.29) is 12.1 Å². The summed E-state index contributed by atoms with van der Waals surface area (Å²) in [5.74, 6) is -0.390. The lowest BCUT2D eigenvalue weighted by Gasteiger charge is -2.31. The highest BCUT2D eigenvalue weighted by molar-refractivity contribution is 5.89. The molecular weight excluding hydrogens is 341 g/mol. The zero-order valence-electron chi connectivity index (χ0n) is 15.2. The van der Waals surface area contributed by atoms with Crippen molar-refractivity contribution in [3.05, 3.63) is 47.5 Å². The summed E-state index contributed by atoms with van der Waals surface area (Å²) in [7, 11) is 0. The monoisotopic (exact) mass is 364 g/mol. The number of alkyl halides is 3. The predicted molar refractivity (Wildman–Crippen MR) is 95.4 cm³/mol. The van der Waals surface area contributed by atoms with Crippen LogP contribution in [-0.2, 0) is 11.2 Å². The summed E-state index contributed by atoms with van der Waals surface area (Å²) in [6.45, 7) is 5.35. The van der Waals surface area contributed by atoms with Crippen molar-refractivity contribution in [3.63, 3.8) is 0 Å². The number of fused-ring (bicyclic) bond motifs is 1. The molecular formula is C20H23F3N2O. The maximum atomic E-state index is 14.0. The topological polar surface area (TPSA) is 32.3 Å². The fourth-order valence-electron chi connectivity index (χ4n) is 3.61. The molecule has 0 saturated carbocycles. The van der Waals surface area contributed by atoms with E-state index in [9.17, 15) is 18.0 Å². The van der Waals surface area contributed by atoms with Gasteiger partial charge in [0.05, 0.1) is 5.41 Å². The minimum atomic E-state index is -4.51. The zero-order chi connectivity index (χ0) is 19.1. The van der Waals surface area contributed by atoms with Gasteiger partial charge in [0.15, 0.2) is 6.04 Å². The smallest absolute Gasteiger partial charge is 0.287 e. The molecule has 1 amide bonds. The Bertz CT molecular complexity index is 829. The maximum Gasteiger partial charge on any atom is 0.409 e. The van der Waals surface area contributed by atoms with Crippen LogP contribution in [0.3, 0.4) is 0 Å². The third-order valence-corrected chi connectivity index (χ3v) is 4.91. The Morgan fingerprint density at radius 1 is 1.15 bits per heavy atom. The molecule has 3 nitrogen and oxygen atoms in total. The fourth-order valence-corrected chi connectivity index (χ4v) is 3.61. The van der Waals surface area contributed by atoms with Gasteiger partial charge in [0.1, 0.15) is 0 Å². The van der Waals surface area contributed by atoms with Gasteiger partial charge in [-0.15, -0.1) is 0 Å². The van der Waals surface area contributed by atoms with Crippen LogP contribution >= 0.6 is 0 Å². The van der Waals surface area contributed by atoms with E-state index in [1.807, 2.05) is 19.1 Å². The standard InChI is InChI=1S/C20H23F3N2O/c1-4-7-13-10-11-16(15-9-6-5-8-14(13)15)17(20(21,22)23)25-12-19(2,3)18(26)24-25/h5-6,8-11,17H,4,7,12H2,1-3H3,(H,24,26)/t17-/m0/s1. The number of nitrogens with zero attached hydrogens (tertiary/aromatic N) is 1. The second kappa shape index (κ2) is 6.58. The molecule has 1 saturated heterocycles. The van der Waals surface area contributed by atoms with Crippen LogP contribution in [0.4, 0.5) is 13.2 Å². The van der Waals surface area contributed by atoms with Crippen LogP contribution < -0.4 is 5.43 Å². The first-order chi connectivity index (χ1) is 12.1. The van der Waals surface area contributed by atoms with Gasteiger partial charge < -0.3 is 0 Å². The third kappa shape index (κ3) is 3.30. The predicted octanol–water partition coefficient (Wildman–Crippen LogP) is 4.77. The Morgan fingerprint density at radius 2 is 1.81 bits per heavy atom. The molecule has 0 bridgehead atoms. The summed E-state index contributed by atoms with van der Waals surface area (Å²) < 4.78 is 42.1. The molecule has 26 heavy (non-hydrogen) atoms. The van der Waals surface area contributed by atoms with E-state index >= 15 is 0 Å². The van der Waals surface area contributed by atoms with Gasteiger partial charge in [-0.3, -0.25) is 10.2 Å². The molecule has 2 aromatic rings. The van der Waals surface area contributed by atoms with Crippen molar-refractivity contribution in [2.24, 2.45) is 5.41 Å². The SMILES string of the molecule is CCCc1ccc([C@H](N2CC(C)(C)C(=O)N2)C(F)(F)F)c2ccccc12. The number of carbonyl (C=O) groups excluding carboxylic acids is 1. The van der Waals surface area contributed by atoms with Gasteiger partial charge in [-0.25, -0.2) is 5.01 Å². The zero-order valence-corrected chi connectivity index (χ0v) is 15.2. The highest BCUT2D eigenvalue weighted by Gasteiger charge is 2.51. The summed E-state index contributed by atoms with van der Waals surface area (Å²) in [6, 6.07) is 8.64. The average Bonchev–Trinajstić information content (AvgIpc) is 2.81. The lowest BCUT2D eigenvalue weighted by Crippen LogP contribution is -2.43. The molecule has 1 heterocycles. The molecule has 0 unspecified atom stereocenters. The number of aryl methyl sites for hydroxylation is 1. The molecule has 1 atom stereocenters. The summed E-state index contributed by atoms with van der Waals surface area (Å²) in [4.78, 5) is 12.1. The average molecular weight is 364 g/mol. The fraction of sp³-hybridized carbons (Fsp3) is 0.450. The van der Waals surface area contributed by atoms with Crippen LogP contribution in [0.1, 0.15) is 44.4 Å². The first-order valence-corrected chi connectivity index (χ1v) is 8.80. The van der Waals surface area contributed by atoms with Crippen molar-refractivity contribution >= 4 is 16.7 Å². The first-order valence-electron chi connectivity index (χ1n) is 8.80. The Kier molecular flexibility index (Phi) is 4.73. The van der Waals surface area contributed by atoms with Crippen LogP contribution in [0.5, 0.6) is 0 Å². The molecule has 0 aliphatic carbocycles. The van der Waals surface area contributed by atoms with Gasteiger partial charge >= 0.3 is 6.18 Å². The van der Waals surface area contributed by atoms with Crippen molar-refractivity contribution in [1.82, 2.24) is 10.4 Å². The van der Waals surface area contributed by atoms with Crippen molar-refractivity contribution in [2.45, 2.75) is 45.8 Å². The number of nitrogens with one attached hydrogen (secondary N) is 1. The van der Waals surface area contributed by atoms with Gasteiger partial charge in [0.2, 0.25) is 5.91 Å². The van der Waals surface area contributed by atoms with E-state index in [1.54, 1.807) is 38.1 Å². The van der Waals surface area contributed by atoms with Gasteiger partial charge in [0.25, 0.3) is 0 Å². The van der Waals surface area contributed by atoms with Gasteiger partial charge in [0, 0.05) is 6.54 Å². The van der Waals surface area contributed by atoms with Crippen molar-refractivity contribution < 1.29 is 18.0 Å². The van der Waals surface area contributed by atoms with Crippen LogP contribution in [0.2, 0.25) is 0 Å². The summed E-state index contributed by atoms with van der Waals surface area (Å²) >= 11 is 0. The van der Waals surface area contributed by atoms with Crippen molar-refractivity contribution in [1.29, 1.82) is 0 Å². The number of amides is 1. The second-order valence-electron chi connectivity index (χ2n) is 7.51. The van der Waals surface area contributed by atoms with Crippen LogP contribution in [0, 0.1) is 5.41 Å². The lowest BCUT2D eigenvalue weighted by molar-refractivity contribution is -0.191. The first kappa shape index (κ1) is 18.7. The number of hydrogen-bond donors (Lipinski definition) is 1. The van der Waals surface area contributed by atoms with E-state index in [0.29, 0.717) is 5.39 Å². The van der Waals surface area contributed by atoms with E-state index in [0.717, 1.165) is 28.8 Å². The Morgan fingerprint density at radius 3 is 2.35 bits per heavy atom. The number of rotatable bonds is 4. The van der Waals surface area contributed by atoms with Gasteiger partial charge in [-0.2, -0.15) is 13.2 Å². The van der Waals surface area contributed by atoms with Crippen LogP contribution in [-0.4, -0.2) is 23.6 Å². The summed E-state index contributed by atoms with van der Waals surface area (Å²) in [5.41, 5.74) is 2.78. The van der Waals surface area contributed by atoms with E-state index in [1.165, 1.54) is 0 Å². The van der Waals surface area contributed by atoms with E-state index < -0.39 is 23.5 Å². The minimum Gasteiger partial charge on any atom is -0.287 e. The minimum absolute atomic E-state index is 0.00104. The molecule has 1 aliphatic rings. The molecule has 2 aromatic carbocycles. The number of carbonyl (C=O) groups is 1. The Hall–Kier alpha value is -2.08. The Labute approximate surface area is 151 Å². The molecule has 0 aromatic heterocycles. The molecule has 6 heteroatoms. The number of hydrazine groups is 1. The van der Waals surface area contributed by atoms with Crippen LogP contribution in [0.15, 0.2) is 36.4 Å². The summed E-state index contributed by atoms with van der Waals surface area (Å²) in [6.07, 6.45) is -2.78. The van der Waals surface area contributed by atoms with Gasteiger partial charge in [-0.05, 0) is 42.2 Å². The van der Waals surface area contributed by atoms with E-state index in [2.05, 4.69) is 5.43 Å². The molecule has 140 valence electrons. The largest absolute Gasteiger partial charge is 0.409 e. The highest BCUT2D eigenvalue weighted by Crippen LogP contribution is 2.43. The third-order valence-electron chi connectivity index (χ3n) is 4.91. The summed E-state index contributed by atoms with van der Waals surface area (Å²) in [5, 5.41) is 2.45. The quantitative estimate of drug-likeness (QED) is 0.848. The van der Waals surface area contributed by atoms with Crippen molar-refractivity contribution in [3.8, 4) is 0 Å².